The van der Waals surface area contributed by atoms with Crippen LogP contribution in [-0.2, 0) is 17.1 Å². The smallest absolute Gasteiger partial charge is 0 e. The first-order chi connectivity index (χ1) is 0. The third kappa shape index (κ3) is 35.2. The summed E-state index contributed by atoms with van der Waals surface area (Å²) < 4.78 is 0. The number of rotatable bonds is 0. The summed E-state index contributed by atoms with van der Waals surface area (Å²) in [5.74, 6) is 0. The molecule has 0 rings (SSSR count). The van der Waals surface area contributed by atoms with Crippen molar-refractivity contribution in [2.24, 2.45) is 0 Å². The van der Waals surface area contributed by atoms with E-state index in [9.17, 15) is 0 Å². The van der Waals surface area contributed by atoms with E-state index >= 15 is 0 Å². The van der Waals surface area contributed by atoms with E-state index in [2.05, 4.69) is 0 Å². The third-order valence-electron chi connectivity index (χ3n) is 0. The normalized spacial score (nSPS) is 0. The van der Waals surface area contributed by atoms with Crippen LogP contribution in [0.2, 0.25) is 0 Å². The Balaban J connectivity index is 0. The molecule has 0 spiro atoms. The first-order valence-electron chi connectivity index (χ1n) is 0. The molecule has 0 N–H and O–H groups in total. The van der Waals surface area contributed by atoms with Crippen LogP contribution in [0.3, 0.4) is 0 Å². The first-order valence-corrected chi connectivity index (χ1v) is 0. The molecule has 0 atom stereocenters. The predicted molar refractivity (Wildman–Crippen MR) is 19.9 cm³/mol. The first kappa shape index (κ1) is 109. The van der Waals surface area contributed by atoms with Crippen molar-refractivity contribution < 1.29 is 17.1 Å². The number of hydrogen-bond donors (Lipinski definition) is 0. The molecular weight excluding hydrogens is 144 g/mol. The molecule has 4 heteroatoms. The molecule has 0 amide bonds. The molecule has 0 fully saturated rings. The van der Waals surface area contributed by atoms with Crippen LogP contribution < -0.4 is 6.15 Å². The topological polar surface area (TPSA) is 30.5 Å². The van der Waals surface area contributed by atoms with Crippen LogP contribution >= 0.6 is 23.4 Å². The van der Waals surface area contributed by atoms with Crippen LogP contribution in [0.15, 0.2) is 0 Å². The van der Waals surface area contributed by atoms with E-state index in [0.29, 0.717) is 0 Å². The maximum Gasteiger partial charge on any atom is 0 e. The summed E-state index contributed by atoms with van der Waals surface area (Å²) >= 11 is 0. The fraction of sp³-hybridized carbons (Fsp3) is 0. The average molecular weight is 144 g/mol. The summed E-state index contributed by atoms with van der Waals surface area (Å²) in [5, 5.41) is 0. The summed E-state index contributed by atoms with van der Waals surface area (Å²) in [6.07, 6.45) is 0. The maximum atomic E-state index is 0. The Bertz CT molecular complexity index is 11.6. The molecular formula is CMnNPS. The molecule has 0 unspecified atom stereocenters. The number of hydrogen-bond acceptors (Lipinski definition) is 0. The molecule has 13 radical (unpaired) electrons. The Morgan fingerprint density at radius 1 is 1.00 bits per heavy atom. The number of nitrogens with zero attached hydrogens (tertiary/aromatic N) is 1. The van der Waals surface area contributed by atoms with Crippen molar-refractivity contribution in [1.82, 2.24) is 6.15 Å². The molecule has 0 saturated heterocycles. The summed E-state index contributed by atoms with van der Waals surface area (Å²) in [4.78, 5) is 0. The molecule has 27 valence electrons. The molecule has 0 bridgehead atoms. The van der Waals surface area contributed by atoms with E-state index in [1.165, 1.54) is 0 Å². The van der Waals surface area contributed by atoms with Crippen molar-refractivity contribution in [3.8, 4) is 0 Å². The fourth-order valence-corrected chi connectivity index (χ4v) is 0. The second kappa shape index (κ2) is 60.2. The Hall–Kier alpha value is 1.26. The van der Waals surface area contributed by atoms with Gasteiger partial charge in [0.2, 0.25) is 0 Å². The Morgan fingerprint density at radius 3 is 1.00 bits per heavy atom. The summed E-state index contributed by atoms with van der Waals surface area (Å²) in [7, 11) is 0. The molecule has 1 nitrogen and oxygen atoms in total. The summed E-state index contributed by atoms with van der Waals surface area (Å²) in [6.45, 7) is 0. The van der Waals surface area contributed by atoms with Crippen molar-refractivity contribution in [3.63, 3.8) is 0 Å². The minimum Gasteiger partial charge on any atom is 0 e. The van der Waals surface area contributed by atoms with Gasteiger partial charge in [-0.25, -0.2) is 0 Å². The zero-order valence-corrected chi connectivity index (χ0v) is 5.07. The monoisotopic (exact) mass is 144 g/mol. The second-order valence-electron chi connectivity index (χ2n) is 0. The van der Waals surface area contributed by atoms with Crippen molar-refractivity contribution in [1.29, 1.82) is 0 Å². The van der Waals surface area contributed by atoms with Gasteiger partial charge in [0.25, 0.3) is 0 Å². The zero-order chi connectivity index (χ0) is 0. The average Bonchev–Trinajstić information content (AvgIpc) is 0. The Morgan fingerprint density at radius 2 is 1.00 bits per heavy atom. The summed E-state index contributed by atoms with van der Waals surface area (Å²) in [6, 6.07) is 0. The van der Waals surface area contributed by atoms with Crippen molar-refractivity contribution >= 4 is 23.4 Å². The van der Waals surface area contributed by atoms with Gasteiger partial charge in [0.1, 0.15) is 0 Å². The van der Waals surface area contributed by atoms with Gasteiger partial charge < -0.3 is 0 Å². The van der Waals surface area contributed by atoms with Gasteiger partial charge in [0.05, 0.1) is 0 Å². The van der Waals surface area contributed by atoms with Crippen LogP contribution in [0, 0.1) is 7.43 Å². The molecule has 0 saturated carbocycles. The molecule has 0 aliphatic rings. The van der Waals surface area contributed by atoms with Crippen molar-refractivity contribution in [2.75, 3.05) is 0 Å². The maximum absolute atomic E-state index is 0. The Labute approximate surface area is 54.4 Å². The zero-order valence-electron chi connectivity index (χ0n) is 2.18. The van der Waals surface area contributed by atoms with E-state index in [1.54, 1.807) is 0 Å². The minimum atomic E-state index is 0. The largest absolute Gasteiger partial charge is 0 e. The third-order valence-corrected chi connectivity index (χ3v) is 0. The molecule has 5 heavy (non-hydrogen) atoms. The fourth-order valence-electron chi connectivity index (χ4n) is 0. The van der Waals surface area contributed by atoms with E-state index in [0.717, 1.165) is 0 Å². The summed E-state index contributed by atoms with van der Waals surface area (Å²) in [5.41, 5.74) is 0. The predicted octanol–water partition coefficient (Wildman–Crippen LogP) is 1.11. The molecule has 0 aliphatic carbocycles. The van der Waals surface area contributed by atoms with Gasteiger partial charge in [-0.1, -0.05) is 0 Å². The molecule has 0 heterocycles. The molecule has 0 aromatic heterocycles. The van der Waals surface area contributed by atoms with E-state index in [-0.39, 0.29) is 54.0 Å². The second-order valence-corrected chi connectivity index (χ2v) is 0. The minimum absolute atomic E-state index is 0. The van der Waals surface area contributed by atoms with E-state index in [4.69, 9.17) is 0 Å². The van der Waals surface area contributed by atoms with E-state index in [1.807, 2.05) is 0 Å². The molecule has 0 aliphatic heterocycles. The van der Waals surface area contributed by atoms with Crippen molar-refractivity contribution in [3.05, 3.63) is 7.43 Å². The van der Waals surface area contributed by atoms with Crippen LogP contribution in [0.25, 0.3) is 0 Å². The van der Waals surface area contributed by atoms with Gasteiger partial charge >= 0.3 is 0 Å². The SMILES string of the molecule is [C].[Mn].[N].[P].[S]. The van der Waals surface area contributed by atoms with Crippen LogP contribution in [0.4, 0.5) is 0 Å². The van der Waals surface area contributed by atoms with Gasteiger partial charge in [-0.05, 0) is 0 Å². The standard InChI is InChI=1S/C.Mn.N.P.S. The Kier molecular flexibility index (Phi) is 1310. The van der Waals surface area contributed by atoms with Gasteiger partial charge in [0, 0.05) is 54.0 Å². The van der Waals surface area contributed by atoms with Crippen LogP contribution in [0.1, 0.15) is 0 Å². The molecule has 0 aromatic carbocycles. The van der Waals surface area contributed by atoms with Gasteiger partial charge in [-0.15, -0.1) is 0 Å². The van der Waals surface area contributed by atoms with Gasteiger partial charge in [0.15, 0.2) is 0 Å². The van der Waals surface area contributed by atoms with E-state index < -0.39 is 0 Å². The van der Waals surface area contributed by atoms with Crippen LogP contribution in [-0.4, -0.2) is 0 Å². The quantitative estimate of drug-likeness (QED) is 0.360. The van der Waals surface area contributed by atoms with Gasteiger partial charge in [-0.2, -0.15) is 0 Å². The van der Waals surface area contributed by atoms with Crippen LogP contribution in [0.5, 0.6) is 0 Å². The van der Waals surface area contributed by atoms with Crippen molar-refractivity contribution in [2.45, 2.75) is 0 Å². The molecule has 0 aromatic rings. The van der Waals surface area contributed by atoms with Gasteiger partial charge in [-0.3, -0.25) is 0 Å².